The zero-order chi connectivity index (χ0) is 20.8. The molecule has 0 unspecified atom stereocenters. The standard InChI is InChI=1S/C22H26N6O3/c1-15-24-25-20(31-15)19-5-3-2-4-18(19)16-6-8-27(9-7-16)17-10-22(30-11-17)12-28(13-22)21-26-23-14-29-21/h2-5,14,16-17H,6-13H2,1H3/t17-/m0/s1. The van der Waals surface area contributed by atoms with Gasteiger partial charge in [-0.1, -0.05) is 23.3 Å². The van der Waals surface area contributed by atoms with Crippen LogP contribution in [0.4, 0.5) is 6.01 Å². The molecule has 5 heterocycles. The first-order chi connectivity index (χ1) is 15.2. The Kier molecular flexibility index (Phi) is 4.53. The molecule has 0 amide bonds. The van der Waals surface area contributed by atoms with E-state index in [1.807, 2.05) is 13.0 Å². The van der Waals surface area contributed by atoms with Crippen molar-refractivity contribution in [1.82, 2.24) is 25.3 Å². The third-order valence-electron chi connectivity index (χ3n) is 6.97. The number of aromatic nitrogens is 4. The number of benzene rings is 1. The Morgan fingerprint density at radius 3 is 2.65 bits per heavy atom. The number of rotatable bonds is 4. The van der Waals surface area contributed by atoms with Gasteiger partial charge in [-0.3, -0.25) is 4.90 Å². The summed E-state index contributed by atoms with van der Waals surface area (Å²) in [4.78, 5) is 4.71. The summed E-state index contributed by atoms with van der Waals surface area (Å²) in [6.07, 6.45) is 4.70. The molecule has 3 aliphatic rings. The van der Waals surface area contributed by atoms with Gasteiger partial charge in [-0.2, -0.15) is 0 Å². The van der Waals surface area contributed by atoms with Crippen LogP contribution < -0.4 is 4.90 Å². The van der Waals surface area contributed by atoms with Crippen LogP contribution in [0.1, 0.15) is 36.6 Å². The minimum atomic E-state index is -0.0571. The van der Waals surface area contributed by atoms with Crippen molar-refractivity contribution in [2.75, 3.05) is 37.7 Å². The van der Waals surface area contributed by atoms with Crippen molar-refractivity contribution in [3.8, 4) is 11.5 Å². The average Bonchev–Trinajstić information content (AvgIpc) is 3.53. The Balaban J connectivity index is 1.08. The van der Waals surface area contributed by atoms with E-state index in [2.05, 4.69) is 48.4 Å². The number of anilines is 1. The minimum Gasteiger partial charge on any atom is -0.421 e. The van der Waals surface area contributed by atoms with E-state index in [4.69, 9.17) is 13.6 Å². The lowest BCUT2D eigenvalue weighted by molar-refractivity contribution is -0.0216. The topological polar surface area (TPSA) is 93.6 Å². The molecule has 2 aromatic heterocycles. The largest absolute Gasteiger partial charge is 0.421 e. The van der Waals surface area contributed by atoms with Crippen LogP contribution in [-0.2, 0) is 4.74 Å². The Morgan fingerprint density at radius 1 is 1.06 bits per heavy atom. The fourth-order valence-electron chi connectivity index (χ4n) is 5.39. The van der Waals surface area contributed by atoms with Gasteiger partial charge in [-0.25, -0.2) is 0 Å². The molecule has 3 fully saturated rings. The molecule has 0 N–H and O–H groups in total. The van der Waals surface area contributed by atoms with Gasteiger partial charge in [0.2, 0.25) is 18.2 Å². The second-order valence-electron chi connectivity index (χ2n) is 8.95. The van der Waals surface area contributed by atoms with E-state index < -0.39 is 0 Å². The number of hydrogen-bond donors (Lipinski definition) is 0. The lowest BCUT2D eigenvalue weighted by Gasteiger charge is -2.46. The number of aryl methyl sites for hydroxylation is 1. The summed E-state index contributed by atoms with van der Waals surface area (Å²) in [7, 11) is 0. The second kappa shape index (κ2) is 7.42. The lowest BCUT2D eigenvalue weighted by atomic mass is 9.85. The number of hydrogen-bond acceptors (Lipinski definition) is 9. The van der Waals surface area contributed by atoms with Crippen LogP contribution in [0, 0.1) is 6.92 Å². The zero-order valence-electron chi connectivity index (χ0n) is 17.6. The Bertz CT molecular complexity index is 1040. The van der Waals surface area contributed by atoms with Crippen LogP contribution in [0.15, 0.2) is 39.5 Å². The van der Waals surface area contributed by atoms with Crippen LogP contribution in [0.5, 0.6) is 0 Å². The highest BCUT2D eigenvalue weighted by molar-refractivity contribution is 5.59. The number of ether oxygens (including phenoxy) is 1. The van der Waals surface area contributed by atoms with Crippen molar-refractivity contribution >= 4 is 6.01 Å². The van der Waals surface area contributed by atoms with Gasteiger partial charge in [0.15, 0.2) is 0 Å². The molecule has 1 atom stereocenters. The molecule has 162 valence electrons. The molecule has 0 radical (unpaired) electrons. The van der Waals surface area contributed by atoms with Crippen molar-refractivity contribution in [2.24, 2.45) is 0 Å². The van der Waals surface area contributed by atoms with Gasteiger partial charge in [0, 0.05) is 18.5 Å². The monoisotopic (exact) mass is 422 g/mol. The number of likely N-dealkylation sites (tertiary alicyclic amines) is 1. The summed E-state index contributed by atoms with van der Waals surface area (Å²) < 4.78 is 17.3. The number of nitrogens with zero attached hydrogens (tertiary/aromatic N) is 6. The first-order valence-electron chi connectivity index (χ1n) is 11.0. The molecule has 3 saturated heterocycles. The van der Waals surface area contributed by atoms with E-state index >= 15 is 0 Å². The van der Waals surface area contributed by atoms with Crippen LogP contribution in [0.3, 0.4) is 0 Å². The van der Waals surface area contributed by atoms with Gasteiger partial charge in [0.1, 0.15) is 5.60 Å². The summed E-state index contributed by atoms with van der Waals surface area (Å²) in [5, 5.41) is 16.0. The van der Waals surface area contributed by atoms with Crippen molar-refractivity contribution in [3.63, 3.8) is 0 Å². The molecule has 6 rings (SSSR count). The van der Waals surface area contributed by atoms with Crippen LogP contribution in [-0.4, -0.2) is 69.7 Å². The van der Waals surface area contributed by atoms with Crippen molar-refractivity contribution in [3.05, 3.63) is 42.1 Å². The minimum absolute atomic E-state index is 0.0571. The Labute approximate surface area is 180 Å². The SMILES string of the molecule is Cc1nnc(-c2ccccc2C2CCN([C@@H]3COC4(C3)CN(c3nnco3)C4)CC2)o1. The van der Waals surface area contributed by atoms with Crippen LogP contribution >= 0.6 is 0 Å². The van der Waals surface area contributed by atoms with Crippen molar-refractivity contribution in [1.29, 1.82) is 0 Å². The molecule has 1 spiro atoms. The molecule has 3 aliphatic heterocycles. The van der Waals surface area contributed by atoms with Crippen LogP contribution in [0.2, 0.25) is 0 Å². The highest BCUT2D eigenvalue weighted by Gasteiger charge is 2.52. The van der Waals surface area contributed by atoms with E-state index in [1.54, 1.807) is 0 Å². The molecule has 1 aromatic carbocycles. The van der Waals surface area contributed by atoms with E-state index in [0.717, 1.165) is 57.6 Å². The van der Waals surface area contributed by atoms with E-state index in [-0.39, 0.29) is 5.60 Å². The van der Waals surface area contributed by atoms with Crippen LogP contribution in [0.25, 0.3) is 11.5 Å². The summed E-state index contributed by atoms with van der Waals surface area (Å²) in [6.45, 7) is 6.47. The highest BCUT2D eigenvalue weighted by Crippen LogP contribution is 2.41. The highest BCUT2D eigenvalue weighted by atomic mass is 16.5. The van der Waals surface area contributed by atoms with E-state index in [9.17, 15) is 0 Å². The molecular weight excluding hydrogens is 396 g/mol. The third-order valence-corrected chi connectivity index (χ3v) is 6.97. The van der Waals surface area contributed by atoms with Gasteiger partial charge >= 0.3 is 6.01 Å². The summed E-state index contributed by atoms with van der Waals surface area (Å²) in [5.41, 5.74) is 2.33. The average molecular weight is 422 g/mol. The maximum atomic E-state index is 6.26. The lowest BCUT2D eigenvalue weighted by Crippen LogP contribution is -2.62. The molecule has 3 aromatic rings. The van der Waals surface area contributed by atoms with Gasteiger partial charge in [0.05, 0.1) is 19.7 Å². The molecular formula is C22H26N6O3. The summed E-state index contributed by atoms with van der Waals surface area (Å²) in [6, 6.07) is 9.53. The van der Waals surface area contributed by atoms with E-state index in [1.165, 1.54) is 12.0 Å². The molecule has 9 heteroatoms. The van der Waals surface area contributed by atoms with Crippen molar-refractivity contribution < 1.29 is 13.6 Å². The predicted molar refractivity (Wildman–Crippen MR) is 112 cm³/mol. The van der Waals surface area contributed by atoms with Gasteiger partial charge in [-0.15, -0.1) is 15.3 Å². The maximum Gasteiger partial charge on any atom is 0.318 e. The molecule has 0 saturated carbocycles. The smallest absolute Gasteiger partial charge is 0.318 e. The molecule has 0 aliphatic carbocycles. The molecule has 31 heavy (non-hydrogen) atoms. The first kappa shape index (κ1) is 18.9. The maximum absolute atomic E-state index is 6.26. The molecule has 9 nitrogen and oxygen atoms in total. The van der Waals surface area contributed by atoms with Gasteiger partial charge in [-0.05, 0) is 49.9 Å². The fraction of sp³-hybridized carbons (Fsp3) is 0.545. The third kappa shape index (κ3) is 3.41. The normalized spacial score (nSPS) is 24.0. The Morgan fingerprint density at radius 2 is 1.90 bits per heavy atom. The summed E-state index contributed by atoms with van der Waals surface area (Å²) in [5.74, 6) is 1.73. The zero-order valence-corrected chi connectivity index (χ0v) is 17.6. The van der Waals surface area contributed by atoms with Gasteiger partial charge < -0.3 is 18.5 Å². The number of piperidine rings is 1. The predicted octanol–water partition coefficient (Wildman–Crippen LogP) is 2.66. The summed E-state index contributed by atoms with van der Waals surface area (Å²) >= 11 is 0. The van der Waals surface area contributed by atoms with Crippen molar-refractivity contribution in [2.45, 2.75) is 43.7 Å². The fourth-order valence-corrected chi connectivity index (χ4v) is 5.39. The van der Waals surface area contributed by atoms with E-state index in [0.29, 0.717) is 29.8 Å². The Hall–Kier alpha value is -2.78. The molecule has 0 bridgehead atoms. The first-order valence-corrected chi connectivity index (χ1v) is 11.0. The second-order valence-corrected chi connectivity index (χ2v) is 8.95. The quantitative estimate of drug-likeness (QED) is 0.629. The van der Waals surface area contributed by atoms with Gasteiger partial charge in [0.25, 0.3) is 0 Å².